The molecule has 104 valence electrons. The Kier molecular flexibility index (Phi) is 4.53. The van der Waals surface area contributed by atoms with Crippen molar-refractivity contribution in [2.75, 3.05) is 19.4 Å². The lowest BCUT2D eigenvalue weighted by Crippen LogP contribution is -2.27. The van der Waals surface area contributed by atoms with Crippen LogP contribution in [0.25, 0.3) is 0 Å². The van der Waals surface area contributed by atoms with E-state index in [1.165, 1.54) is 0 Å². The Balaban J connectivity index is 2.18. The number of anilines is 1. The van der Waals surface area contributed by atoms with Gasteiger partial charge < -0.3 is 10.2 Å². The summed E-state index contributed by atoms with van der Waals surface area (Å²) in [6.45, 7) is 0.475. The number of hydrogen-bond donors (Lipinski definition) is 1. The largest absolute Gasteiger partial charge is 0.373 e. The first-order valence-electron chi connectivity index (χ1n) is 6.10. The van der Waals surface area contributed by atoms with Crippen LogP contribution in [0.2, 0.25) is 5.02 Å². The Morgan fingerprint density at radius 2 is 2.00 bits per heavy atom. The van der Waals surface area contributed by atoms with Crippen molar-refractivity contribution >= 4 is 23.3 Å². The number of rotatable bonds is 4. The first-order valence-corrected chi connectivity index (χ1v) is 6.48. The Bertz CT molecular complexity index is 603. The maximum absolute atomic E-state index is 12.4. The fourth-order valence-corrected chi connectivity index (χ4v) is 1.93. The smallest absolute Gasteiger partial charge is 0.274 e. The van der Waals surface area contributed by atoms with E-state index in [1.807, 2.05) is 12.1 Å². The van der Waals surface area contributed by atoms with Gasteiger partial charge in [0.15, 0.2) is 0 Å². The third-order valence-electron chi connectivity index (χ3n) is 2.82. The van der Waals surface area contributed by atoms with Gasteiger partial charge in [0.2, 0.25) is 0 Å². The second-order valence-corrected chi connectivity index (χ2v) is 4.70. The lowest BCUT2D eigenvalue weighted by molar-refractivity contribution is 0.0779. The van der Waals surface area contributed by atoms with E-state index in [2.05, 4.69) is 15.3 Å². The average molecular weight is 291 g/mol. The maximum atomic E-state index is 12.4. The Hall–Kier alpha value is -2.14. The minimum absolute atomic E-state index is 0.219. The lowest BCUT2D eigenvalue weighted by atomic mass is 10.2. The molecule has 0 aliphatic heterocycles. The van der Waals surface area contributed by atoms with E-state index < -0.39 is 0 Å². The minimum Gasteiger partial charge on any atom is -0.373 e. The zero-order chi connectivity index (χ0) is 14.5. The normalized spacial score (nSPS) is 10.2. The molecule has 5 nitrogen and oxygen atoms in total. The summed E-state index contributed by atoms with van der Waals surface area (Å²) in [6.07, 6.45) is 3.39. The summed E-state index contributed by atoms with van der Waals surface area (Å²) in [7, 11) is 3.46. The summed E-state index contributed by atoms with van der Waals surface area (Å²) < 4.78 is 0. The molecule has 6 heteroatoms. The zero-order valence-corrected chi connectivity index (χ0v) is 12.1. The molecule has 2 heterocycles. The molecule has 2 rings (SSSR count). The summed E-state index contributed by atoms with van der Waals surface area (Å²) >= 11 is 6.05. The number of carbonyl (C=O) groups excluding carboxylic acids is 1. The number of hydrogen-bond acceptors (Lipinski definition) is 4. The van der Waals surface area contributed by atoms with Crippen LogP contribution in [0.15, 0.2) is 36.7 Å². The van der Waals surface area contributed by atoms with Crippen LogP contribution in [-0.4, -0.2) is 34.9 Å². The van der Waals surface area contributed by atoms with Crippen LogP contribution in [0, 0.1) is 0 Å². The molecule has 2 aromatic rings. The molecule has 0 saturated carbocycles. The van der Waals surface area contributed by atoms with E-state index in [0.717, 1.165) is 5.56 Å². The van der Waals surface area contributed by atoms with Crippen molar-refractivity contribution in [1.29, 1.82) is 0 Å². The third-order valence-corrected chi connectivity index (χ3v) is 3.13. The molecule has 20 heavy (non-hydrogen) atoms. The molecule has 0 aliphatic rings. The zero-order valence-electron chi connectivity index (χ0n) is 11.3. The summed E-state index contributed by atoms with van der Waals surface area (Å²) in [5, 5.41) is 3.23. The van der Waals surface area contributed by atoms with Gasteiger partial charge in [-0.3, -0.25) is 9.78 Å². The first-order chi connectivity index (χ1) is 9.61. The van der Waals surface area contributed by atoms with Gasteiger partial charge in [-0.15, -0.1) is 0 Å². The molecule has 0 radical (unpaired) electrons. The third kappa shape index (κ3) is 3.24. The van der Waals surface area contributed by atoms with Crippen molar-refractivity contribution < 1.29 is 4.79 Å². The fourth-order valence-electron chi connectivity index (χ4n) is 1.75. The molecule has 0 aliphatic carbocycles. The van der Waals surface area contributed by atoms with Gasteiger partial charge in [-0.1, -0.05) is 11.6 Å². The Morgan fingerprint density at radius 3 is 2.65 bits per heavy atom. The standard InChI is InChI=1S/C14H15ClN4O/c1-16-12-4-3-11(15)13(18-12)14(20)19(2)9-10-5-7-17-8-6-10/h3-8H,9H2,1-2H3,(H,16,18). The monoisotopic (exact) mass is 290 g/mol. The second-order valence-electron chi connectivity index (χ2n) is 4.29. The summed E-state index contributed by atoms with van der Waals surface area (Å²) in [4.78, 5) is 22.1. The van der Waals surface area contributed by atoms with E-state index in [-0.39, 0.29) is 11.6 Å². The number of aromatic nitrogens is 2. The van der Waals surface area contributed by atoms with Crippen molar-refractivity contribution in [2.45, 2.75) is 6.54 Å². The highest BCUT2D eigenvalue weighted by atomic mass is 35.5. The van der Waals surface area contributed by atoms with Crippen LogP contribution in [0.5, 0.6) is 0 Å². The van der Waals surface area contributed by atoms with Crippen LogP contribution in [0.4, 0.5) is 5.82 Å². The molecule has 2 aromatic heterocycles. The number of carbonyl (C=O) groups is 1. The Labute approximate surface area is 122 Å². The van der Waals surface area contributed by atoms with Gasteiger partial charge in [0.05, 0.1) is 5.02 Å². The topological polar surface area (TPSA) is 58.1 Å². The van der Waals surface area contributed by atoms with Gasteiger partial charge >= 0.3 is 0 Å². The fraction of sp³-hybridized carbons (Fsp3) is 0.214. The predicted molar refractivity (Wildman–Crippen MR) is 78.8 cm³/mol. The first kappa shape index (κ1) is 14.3. The number of halogens is 1. The van der Waals surface area contributed by atoms with Gasteiger partial charge in [-0.05, 0) is 29.8 Å². The molecular weight excluding hydrogens is 276 g/mol. The molecule has 0 aromatic carbocycles. The number of nitrogens with zero attached hydrogens (tertiary/aromatic N) is 3. The van der Waals surface area contributed by atoms with Crippen molar-refractivity contribution in [2.24, 2.45) is 0 Å². The molecule has 0 bridgehead atoms. The van der Waals surface area contributed by atoms with Crippen LogP contribution in [0.3, 0.4) is 0 Å². The van der Waals surface area contributed by atoms with E-state index in [1.54, 1.807) is 43.5 Å². The molecule has 0 saturated heterocycles. The molecule has 0 fully saturated rings. The predicted octanol–water partition coefficient (Wildman–Crippen LogP) is 2.44. The van der Waals surface area contributed by atoms with Gasteiger partial charge in [0.1, 0.15) is 11.5 Å². The highest BCUT2D eigenvalue weighted by Gasteiger charge is 2.17. The van der Waals surface area contributed by atoms with E-state index >= 15 is 0 Å². The Morgan fingerprint density at radius 1 is 1.30 bits per heavy atom. The SMILES string of the molecule is CNc1ccc(Cl)c(C(=O)N(C)Cc2ccncc2)n1. The van der Waals surface area contributed by atoms with Crippen LogP contribution in [0.1, 0.15) is 16.1 Å². The van der Waals surface area contributed by atoms with Crippen molar-refractivity contribution in [3.63, 3.8) is 0 Å². The number of pyridine rings is 2. The van der Waals surface area contributed by atoms with Crippen molar-refractivity contribution in [1.82, 2.24) is 14.9 Å². The van der Waals surface area contributed by atoms with Gasteiger partial charge in [0.25, 0.3) is 5.91 Å². The summed E-state index contributed by atoms with van der Waals surface area (Å²) in [6, 6.07) is 7.11. The van der Waals surface area contributed by atoms with Crippen LogP contribution >= 0.6 is 11.6 Å². The van der Waals surface area contributed by atoms with Crippen molar-refractivity contribution in [3.05, 3.63) is 52.9 Å². The van der Waals surface area contributed by atoms with E-state index in [4.69, 9.17) is 11.6 Å². The lowest BCUT2D eigenvalue weighted by Gasteiger charge is -2.17. The number of nitrogens with one attached hydrogen (secondary N) is 1. The molecule has 1 N–H and O–H groups in total. The van der Waals surface area contributed by atoms with Crippen LogP contribution in [-0.2, 0) is 6.54 Å². The summed E-state index contributed by atoms with van der Waals surface area (Å²) in [5.74, 6) is 0.388. The molecule has 1 amide bonds. The van der Waals surface area contributed by atoms with Gasteiger partial charge in [-0.2, -0.15) is 0 Å². The molecular formula is C14H15ClN4O. The van der Waals surface area contributed by atoms with E-state index in [0.29, 0.717) is 17.4 Å². The van der Waals surface area contributed by atoms with E-state index in [9.17, 15) is 4.79 Å². The van der Waals surface area contributed by atoms with Crippen LogP contribution < -0.4 is 5.32 Å². The quantitative estimate of drug-likeness (QED) is 0.940. The highest BCUT2D eigenvalue weighted by Crippen LogP contribution is 2.18. The van der Waals surface area contributed by atoms with Gasteiger partial charge in [0, 0.05) is 33.0 Å². The second kappa shape index (κ2) is 6.34. The number of amides is 1. The molecule has 0 unspecified atom stereocenters. The van der Waals surface area contributed by atoms with Gasteiger partial charge in [-0.25, -0.2) is 4.98 Å². The van der Waals surface area contributed by atoms with Crippen molar-refractivity contribution in [3.8, 4) is 0 Å². The maximum Gasteiger partial charge on any atom is 0.274 e. The molecule has 0 atom stereocenters. The highest BCUT2D eigenvalue weighted by molar-refractivity contribution is 6.33. The average Bonchev–Trinajstić information content (AvgIpc) is 2.48. The summed E-state index contributed by atoms with van der Waals surface area (Å²) in [5.41, 5.74) is 1.24. The molecule has 0 spiro atoms. The minimum atomic E-state index is -0.219.